The van der Waals surface area contributed by atoms with Crippen molar-refractivity contribution in [1.29, 1.82) is 0 Å². The van der Waals surface area contributed by atoms with Crippen molar-refractivity contribution in [3.63, 3.8) is 0 Å². The second-order valence-electron chi connectivity index (χ2n) is 5.05. The minimum absolute atomic E-state index is 0.154. The minimum Gasteiger partial charge on any atom is -0.464 e. The van der Waals surface area contributed by atoms with Crippen molar-refractivity contribution in [2.45, 2.75) is 48.7 Å². The first-order chi connectivity index (χ1) is 8.42. The quantitative estimate of drug-likeness (QED) is 0.433. The molecule has 1 saturated carbocycles. The van der Waals surface area contributed by atoms with E-state index in [4.69, 9.17) is 14.2 Å². The van der Waals surface area contributed by atoms with Crippen molar-refractivity contribution in [3.05, 3.63) is 0 Å². The number of ether oxygens (including phenoxy) is 3. The smallest absolute Gasteiger partial charge is 0.464 e. The third-order valence-corrected chi connectivity index (χ3v) is 4.78. The maximum absolute atomic E-state index is 11.8. The Morgan fingerprint density at radius 3 is 2.50 bits per heavy atom. The molecule has 1 aliphatic heterocycles. The number of hydrogen-bond donors (Lipinski definition) is 0. The highest BCUT2D eigenvalue weighted by atomic mass is 127. The van der Waals surface area contributed by atoms with Gasteiger partial charge in [-0.2, -0.15) is 0 Å². The molecule has 1 heterocycles. The fourth-order valence-electron chi connectivity index (χ4n) is 2.20. The van der Waals surface area contributed by atoms with E-state index in [0.29, 0.717) is 19.4 Å². The summed E-state index contributed by atoms with van der Waals surface area (Å²) in [7, 11) is 0. The number of esters is 1. The third-order valence-electron chi connectivity index (χ3n) is 3.58. The number of carbonyl (C=O) groups is 2. The lowest BCUT2D eigenvalue weighted by Crippen LogP contribution is -2.30. The Balaban J connectivity index is 1.77. The number of fused-ring (bicyclic) bond motifs is 1. The summed E-state index contributed by atoms with van der Waals surface area (Å²) < 4.78 is 14.9. The molecule has 2 fully saturated rings. The van der Waals surface area contributed by atoms with Gasteiger partial charge < -0.3 is 14.2 Å². The van der Waals surface area contributed by atoms with E-state index in [2.05, 4.69) is 22.6 Å². The van der Waals surface area contributed by atoms with E-state index < -0.39 is 9.58 Å². The number of hydrogen-bond acceptors (Lipinski definition) is 5. The Hall–Kier alpha value is -0.530. The lowest BCUT2D eigenvalue weighted by atomic mass is 10.1. The van der Waals surface area contributed by atoms with Gasteiger partial charge in [0.05, 0.1) is 6.61 Å². The first-order valence-corrected chi connectivity index (χ1v) is 7.23. The van der Waals surface area contributed by atoms with Crippen LogP contribution in [0.3, 0.4) is 0 Å². The van der Waals surface area contributed by atoms with Crippen LogP contribution in [0.15, 0.2) is 0 Å². The highest BCUT2D eigenvalue weighted by molar-refractivity contribution is 14.1. The van der Waals surface area contributed by atoms with Crippen LogP contribution in [0, 0.1) is 5.92 Å². The van der Waals surface area contributed by atoms with Crippen LogP contribution < -0.4 is 0 Å². The Morgan fingerprint density at radius 1 is 1.44 bits per heavy atom. The topological polar surface area (TPSA) is 61.8 Å². The third kappa shape index (κ3) is 2.89. The van der Waals surface area contributed by atoms with Crippen molar-refractivity contribution in [3.8, 4) is 0 Å². The predicted octanol–water partition coefficient (Wildman–Crippen LogP) is 2.45. The SMILES string of the molecule is CCC(C)(I)C(=O)OCC1CC2OC(=O)OC2C1. The average Bonchev–Trinajstić information content (AvgIpc) is 2.82. The van der Waals surface area contributed by atoms with Gasteiger partial charge in [0.2, 0.25) is 0 Å². The predicted molar refractivity (Wildman–Crippen MR) is 71.5 cm³/mol. The van der Waals surface area contributed by atoms with Crippen LogP contribution in [0.25, 0.3) is 0 Å². The van der Waals surface area contributed by atoms with Crippen LogP contribution in [0.5, 0.6) is 0 Å². The van der Waals surface area contributed by atoms with Crippen LogP contribution in [0.1, 0.15) is 33.1 Å². The van der Waals surface area contributed by atoms with Crippen LogP contribution in [0.2, 0.25) is 0 Å². The van der Waals surface area contributed by atoms with Gasteiger partial charge in [-0.3, -0.25) is 4.79 Å². The molecule has 2 rings (SSSR count). The summed E-state index contributed by atoms with van der Waals surface area (Å²) in [6, 6.07) is 0. The van der Waals surface area contributed by atoms with Crippen LogP contribution >= 0.6 is 22.6 Å². The van der Waals surface area contributed by atoms with E-state index in [1.54, 1.807) is 0 Å². The van der Waals surface area contributed by atoms with Gasteiger partial charge in [-0.15, -0.1) is 0 Å². The Morgan fingerprint density at radius 2 is 2.00 bits per heavy atom. The van der Waals surface area contributed by atoms with E-state index in [0.717, 1.165) is 6.42 Å². The van der Waals surface area contributed by atoms with Crippen molar-refractivity contribution in [2.75, 3.05) is 6.61 Å². The highest BCUT2D eigenvalue weighted by Gasteiger charge is 2.45. The van der Waals surface area contributed by atoms with Crippen molar-refractivity contribution in [2.24, 2.45) is 5.92 Å². The molecule has 6 heteroatoms. The average molecular weight is 368 g/mol. The molecule has 0 aromatic heterocycles. The van der Waals surface area contributed by atoms with Gasteiger partial charge in [-0.25, -0.2) is 4.79 Å². The second-order valence-corrected chi connectivity index (χ2v) is 7.43. The lowest BCUT2D eigenvalue weighted by Gasteiger charge is -2.20. The standard InChI is InChI=1S/C12H17IO5/c1-3-12(2,13)10(14)16-6-7-4-8-9(5-7)18-11(15)17-8/h7-9H,3-6H2,1-2H3. The summed E-state index contributed by atoms with van der Waals surface area (Å²) in [5.74, 6) is 0.0432. The molecule has 0 amide bonds. The number of halogens is 1. The summed E-state index contributed by atoms with van der Waals surface area (Å²) in [5.41, 5.74) is 0. The summed E-state index contributed by atoms with van der Waals surface area (Å²) in [6.07, 6.45) is 1.29. The fourth-order valence-corrected chi connectivity index (χ4v) is 2.36. The van der Waals surface area contributed by atoms with E-state index in [1.807, 2.05) is 13.8 Å². The minimum atomic E-state index is -0.578. The molecule has 0 spiro atoms. The number of alkyl halides is 1. The van der Waals surface area contributed by atoms with Gasteiger partial charge >= 0.3 is 12.1 Å². The van der Waals surface area contributed by atoms with E-state index in [9.17, 15) is 9.59 Å². The van der Waals surface area contributed by atoms with E-state index >= 15 is 0 Å². The van der Waals surface area contributed by atoms with E-state index in [-0.39, 0.29) is 24.1 Å². The molecule has 0 aromatic carbocycles. The van der Waals surface area contributed by atoms with Crippen molar-refractivity contribution >= 4 is 34.7 Å². The molecule has 1 aliphatic carbocycles. The van der Waals surface area contributed by atoms with E-state index in [1.165, 1.54) is 0 Å². The maximum Gasteiger partial charge on any atom is 0.509 e. The Labute approximate surface area is 120 Å². The molecule has 0 aromatic rings. The largest absolute Gasteiger partial charge is 0.509 e. The lowest BCUT2D eigenvalue weighted by molar-refractivity contribution is -0.147. The first-order valence-electron chi connectivity index (χ1n) is 6.15. The highest BCUT2D eigenvalue weighted by Crippen LogP contribution is 2.35. The zero-order chi connectivity index (χ0) is 13.3. The molecule has 2 aliphatic rings. The molecule has 0 bridgehead atoms. The summed E-state index contributed by atoms with van der Waals surface area (Å²) in [5, 5.41) is 0. The zero-order valence-electron chi connectivity index (χ0n) is 10.5. The molecule has 3 unspecified atom stereocenters. The van der Waals surface area contributed by atoms with Gasteiger partial charge in [-0.1, -0.05) is 29.5 Å². The van der Waals surface area contributed by atoms with Crippen LogP contribution in [-0.4, -0.2) is 34.4 Å². The van der Waals surface area contributed by atoms with Gasteiger partial charge in [0.1, 0.15) is 15.6 Å². The fraction of sp³-hybridized carbons (Fsp3) is 0.833. The van der Waals surface area contributed by atoms with Gasteiger partial charge in [0, 0.05) is 5.92 Å². The van der Waals surface area contributed by atoms with Crippen molar-refractivity contribution in [1.82, 2.24) is 0 Å². The van der Waals surface area contributed by atoms with Gasteiger partial charge in [0.15, 0.2) is 0 Å². The Bertz CT molecular complexity index is 338. The summed E-state index contributed by atoms with van der Waals surface area (Å²) in [6.45, 7) is 4.20. The molecule has 1 saturated heterocycles. The molecule has 0 N–H and O–H groups in total. The van der Waals surface area contributed by atoms with Gasteiger partial charge in [-0.05, 0) is 26.2 Å². The molecule has 0 radical (unpaired) electrons. The zero-order valence-corrected chi connectivity index (χ0v) is 12.6. The van der Waals surface area contributed by atoms with Crippen molar-refractivity contribution < 1.29 is 23.8 Å². The number of carbonyl (C=O) groups excluding carboxylic acids is 2. The molecular formula is C12H17IO5. The molecule has 5 nitrogen and oxygen atoms in total. The summed E-state index contributed by atoms with van der Waals surface area (Å²) in [4.78, 5) is 22.7. The second kappa shape index (κ2) is 5.22. The monoisotopic (exact) mass is 368 g/mol. The molecule has 3 atom stereocenters. The summed E-state index contributed by atoms with van der Waals surface area (Å²) >= 11 is 2.11. The maximum atomic E-state index is 11.8. The van der Waals surface area contributed by atoms with Gasteiger partial charge in [0.25, 0.3) is 0 Å². The molecule has 18 heavy (non-hydrogen) atoms. The number of rotatable bonds is 4. The molecule has 102 valence electrons. The normalized spacial score (nSPS) is 33.3. The Kier molecular flexibility index (Phi) is 4.03. The van der Waals surface area contributed by atoms with Crippen LogP contribution in [-0.2, 0) is 19.0 Å². The van der Waals surface area contributed by atoms with Crippen LogP contribution in [0.4, 0.5) is 4.79 Å². The first kappa shape index (κ1) is 13.9. The molecular weight excluding hydrogens is 351 g/mol.